The summed E-state index contributed by atoms with van der Waals surface area (Å²) in [6.07, 6.45) is 3.57. The molecule has 5 nitrogen and oxygen atoms in total. The molecular formula is C14H18N2O3S. The van der Waals surface area contributed by atoms with E-state index < -0.39 is 5.97 Å². The molecule has 1 saturated carbocycles. The van der Waals surface area contributed by atoms with Crippen molar-refractivity contribution in [3.63, 3.8) is 0 Å². The first-order valence-electron chi connectivity index (χ1n) is 6.63. The lowest BCUT2D eigenvalue weighted by molar-refractivity contribution is -0.114. The molecule has 1 aromatic heterocycles. The van der Waals surface area contributed by atoms with Crippen molar-refractivity contribution >= 4 is 28.3 Å². The Morgan fingerprint density at radius 3 is 2.75 bits per heavy atom. The lowest BCUT2D eigenvalue weighted by Gasteiger charge is -2.17. The van der Waals surface area contributed by atoms with Crippen LogP contribution in [0.2, 0.25) is 0 Å². The van der Waals surface area contributed by atoms with Crippen LogP contribution in [0.3, 0.4) is 0 Å². The van der Waals surface area contributed by atoms with E-state index in [0.29, 0.717) is 11.7 Å². The summed E-state index contributed by atoms with van der Waals surface area (Å²) < 4.78 is 4.91. The smallest absolute Gasteiger partial charge is 0.357 e. The number of thiazole rings is 1. The quantitative estimate of drug-likeness (QED) is 0.619. The first-order valence-corrected chi connectivity index (χ1v) is 7.51. The van der Waals surface area contributed by atoms with Crippen LogP contribution >= 0.6 is 11.3 Å². The molecular weight excluding hydrogens is 276 g/mol. The Kier molecular flexibility index (Phi) is 4.54. The zero-order valence-corrected chi connectivity index (χ0v) is 12.7. The molecule has 0 spiro atoms. The van der Waals surface area contributed by atoms with Crippen molar-refractivity contribution in [2.24, 2.45) is 0 Å². The van der Waals surface area contributed by atoms with E-state index in [1.807, 2.05) is 13.8 Å². The van der Waals surface area contributed by atoms with E-state index in [1.165, 1.54) is 11.3 Å². The maximum absolute atomic E-state index is 12.2. The molecule has 0 aliphatic heterocycles. The number of hydrogen-bond donors (Lipinski definition) is 0. The van der Waals surface area contributed by atoms with Gasteiger partial charge in [-0.2, -0.15) is 0 Å². The zero-order valence-electron chi connectivity index (χ0n) is 11.9. The van der Waals surface area contributed by atoms with Gasteiger partial charge in [-0.15, -0.1) is 11.3 Å². The van der Waals surface area contributed by atoms with Gasteiger partial charge in [-0.25, -0.2) is 9.78 Å². The van der Waals surface area contributed by atoms with E-state index in [2.05, 4.69) is 4.98 Å². The van der Waals surface area contributed by atoms with Crippen molar-refractivity contribution in [2.75, 3.05) is 11.5 Å². The van der Waals surface area contributed by atoms with E-state index in [1.54, 1.807) is 23.3 Å². The molecule has 1 aliphatic rings. The van der Waals surface area contributed by atoms with Crippen LogP contribution in [0.25, 0.3) is 0 Å². The molecule has 108 valence electrons. The summed E-state index contributed by atoms with van der Waals surface area (Å²) in [5.41, 5.74) is 1.21. The number of anilines is 1. The summed E-state index contributed by atoms with van der Waals surface area (Å²) in [7, 11) is 0. The van der Waals surface area contributed by atoms with Gasteiger partial charge in [0, 0.05) is 17.5 Å². The van der Waals surface area contributed by atoms with E-state index in [0.717, 1.165) is 18.4 Å². The molecule has 0 aromatic carbocycles. The second-order valence-electron chi connectivity index (χ2n) is 4.90. The van der Waals surface area contributed by atoms with Crippen LogP contribution in [0.1, 0.15) is 44.1 Å². The third kappa shape index (κ3) is 3.45. The number of hydrogen-bond acceptors (Lipinski definition) is 5. The predicted octanol–water partition coefficient (Wildman–Crippen LogP) is 2.78. The van der Waals surface area contributed by atoms with Crippen molar-refractivity contribution in [3.05, 3.63) is 22.7 Å². The van der Waals surface area contributed by atoms with Crippen molar-refractivity contribution in [2.45, 2.75) is 39.7 Å². The number of allylic oxidation sites excluding steroid dienone is 1. The average Bonchev–Trinajstić information content (AvgIpc) is 3.05. The molecule has 1 aromatic rings. The van der Waals surface area contributed by atoms with Crippen LogP contribution < -0.4 is 4.90 Å². The average molecular weight is 294 g/mol. The second-order valence-corrected chi connectivity index (χ2v) is 5.73. The number of aromatic nitrogens is 1. The molecule has 1 amide bonds. The molecule has 1 aliphatic carbocycles. The molecule has 1 heterocycles. The van der Waals surface area contributed by atoms with Crippen LogP contribution in [0.4, 0.5) is 5.13 Å². The third-order valence-corrected chi connectivity index (χ3v) is 3.58. The highest BCUT2D eigenvalue weighted by Gasteiger charge is 2.35. The fourth-order valence-electron chi connectivity index (χ4n) is 1.75. The molecule has 0 atom stereocenters. The normalized spacial score (nSPS) is 13.8. The Morgan fingerprint density at radius 2 is 2.20 bits per heavy atom. The Labute approximate surface area is 122 Å². The molecule has 0 N–H and O–H groups in total. The minimum absolute atomic E-state index is 0.0720. The van der Waals surface area contributed by atoms with Gasteiger partial charge in [0.05, 0.1) is 6.61 Å². The largest absolute Gasteiger partial charge is 0.461 e. The summed E-state index contributed by atoms with van der Waals surface area (Å²) in [5, 5.41) is 2.21. The van der Waals surface area contributed by atoms with E-state index in [9.17, 15) is 9.59 Å². The van der Waals surface area contributed by atoms with Crippen LogP contribution in [0, 0.1) is 0 Å². The minimum Gasteiger partial charge on any atom is -0.461 e. The summed E-state index contributed by atoms with van der Waals surface area (Å²) in [6, 6.07) is 0.208. The van der Waals surface area contributed by atoms with Gasteiger partial charge in [-0.05, 0) is 33.6 Å². The summed E-state index contributed by atoms with van der Waals surface area (Å²) >= 11 is 1.30. The number of carbonyl (C=O) groups excluding carboxylic acids is 2. The lowest BCUT2D eigenvalue weighted by atomic mass is 10.3. The van der Waals surface area contributed by atoms with E-state index >= 15 is 0 Å². The van der Waals surface area contributed by atoms with Gasteiger partial charge in [-0.3, -0.25) is 9.69 Å². The highest BCUT2D eigenvalue weighted by Crippen LogP contribution is 2.34. The number of nitrogens with zero attached hydrogens (tertiary/aromatic N) is 2. The number of esters is 1. The molecule has 0 saturated heterocycles. The molecule has 6 heteroatoms. The fourth-order valence-corrected chi connectivity index (χ4v) is 2.62. The third-order valence-electron chi connectivity index (χ3n) is 2.74. The molecule has 2 rings (SSSR count). The van der Waals surface area contributed by atoms with Crippen LogP contribution in [-0.4, -0.2) is 29.5 Å². The van der Waals surface area contributed by atoms with Crippen LogP contribution in [-0.2, 0) is 9.53 Å². The monoisotopic (exact) mass is 294 g/mol. The van der Waals surface area contributed by atoms with Crippen molar-refractivity contribution in [1.29, 1.82) is 0 Å². The van der Waals surface area contributed by atoms with Gasteiger partial charge in [0.2, 0.25) is 0 Å². The lowest BCUT2D eigenvalue weighted by Crippen LogP contribution is -2.31. The second kappa shape index (κ2) is 6.17. The van der Waals surface area contributed by atoms with Crippen molar-refractivity contribution in [1.82, 2.24) is 4.98 Å². The van der Waals surface area contributed by atoms with Gasteiger partial charge >= 0.3 is 5.97 Å². The SMILES string of the molecule is CCOC(=O)c1csc(N(C(=O)C=C(C)C)C2CC2)n1. The van der Waals surface area contributed by atoms with Gasteiger partial charge in [0.15, 0.2) is 10.8 Å². The highest BCUT2D eigenvalue weighted by atomic mass is 32.1. The van der Waals surface area contributed by atoms with Crippen LogP contribution in [0.15, 0.2) is 17.0 Å². The predicted molar refractivity (Wildman–Crippen MR) is 78.0 cm³/mol. The van der Waals surface area contributed by atoms with Crippen LogP contribution in [0.5, 0.6) is 0 Å². The Morgan fingerprint density at radius 1 is 1.50 bits per heavy atom. The summed E-state index contributed by atoms with van der Waals surface area (Å²) in [6.45, 7) is 5.83. The topological polar surface area (TPSA) is 59.5 Å². The van der Waals surface area contributed by atoms with Crippen molar-refractivity contribution in [3.8, 4) is 0 Å². The Balaban J connectivity index is 2.20. The Bertz CT molecular complexity index is 542. The van der Waals surface area contributed by atoms with Crippen molar-refractivity contribution < 1.29 is 14.3 Å². The molecule has 0 bridgehead atoms. The van der Waals surface area contributed by atoms with Gasteiger partial charge in [0.25, 0.3) is 5.91 Å². The fraction of sp³-hybridized carbons (Fsp3) is 0.500. The highest BCUT2D eigenvalue weighted by molar-refractivity contribution is 7.14. The minimum atomic E-state index is -0.444. The molecule has 0 unspecified atom stereocenters. The molecule has 20 heavy (non-hydrogen) atoms. The number of rotatable bonds is 5. The van der Waals surface area contributed by atoms with E-state index in [4.69, 9.17) is 4.74 Å². The maximum Gasteiger partial charge on any atom is 0.357 e. The Hall–Kier alpha value is -1.69. The standard InChI is InChI=1S/C14H18N2O3S/c1-4-19-13(18)11-8-20-14(15-11)16(10-5-6-10)12(17)7-9(2)3/h7-8,10H,4-6H2,1-3H3. The molecule has 1 fully saturated rings. The van der Waals surface area contributed by atoms with E-state index in [-0.39, 0.29) is 17.6 Å². The first kappa shape index (κ1) is 14.7. The van der Waals surface area contributed by atoms with Gasteiger partial charge in [0.1, 0.15) is 0 Å². The first-order chi connectivity index (χ1) is 9.52. The molecule has 0 radical (unpaired) electrons. The number of ether oxygens (including phenoxy) is 1. The number of amides is 1. The van der Waals surface area contributed by atoms with Gasteiger partial charge in [-0.1, -0.05) is 5.57 Å². The number of carbonyl (C=O) groups is 2. The zero-order chi connectivity index (χ0) is 14.7. The van der Waals surface area contributed by atoms with Gasteiger partial charge < -0.3 is 4.74 Å². The maximum atomic E-state index is 12.2. The summed E-state index contributed by atoms with van der Waals surface area (Å²) in [4.78, 5) is 29.8. The summed E-state index contributed by atoms with van der Waals surface area (Å²) in [5.74, 6) is -0.516.